The average molecular weight is 436 g/mol. The van der Waals surface area contributed by atoms with E-state index in [1.807, 2.05) is 0 Å². The molecule has 6 nitrogen and oxygen atoms in total. The Morgan fingerprint density at radius 2 is 1.96 bits per heavy atom. The smallest absolute Gasteiger partial charge is 0.417 e. The van der Waals surface area contributed by atoms with Gasteiger partial charge in [0.15, 0.2) is 0 Å². The molecule has 0 radical (unpaired) electrons. The molecule has 2 rings (SSSR count). The molecule has 0 saturated carbocycles. The third-order valence-electron chi connectivity index (χ3n) is 3.45. The molecule has 0 unspecified atom stereocenters. The van der Waals surface area contributed by atoms with Gasteiger partial charge in [-0.3, -0.25) is 0 Å². The van der Waals surface area contributed by atoms with Crippen molar-refractivity contribution in [2.45, 2.75) is 6.18 Å². The predicted molar refractivity (Wildman–Crippen MR) is 102 cm³/mol. The van der Waals surface area contributed by atoms with Crippen molar-refractivity contribution in [3.63, 3.8) is 0 Å². The zero-order valence-electron chi connectivity index (χ0n) is 14.6. The van der Waals surface area contributed by atoms with Crippen molar-refractivity contribution in [1.29, 1.82) is 0 Å². The molecular weight excluding hydrogens is 419 g/mol. The van der Waals surface area contributed by atoms with E-state index in [-0.39, 0.29) is 23.9 Å². The summed E-state index contributed by atoms with van der Waals surface area (Å²) in [7, 11) is -2.25. The molecule has 11 heteroatoms. The average Bonchev–Trinajstić information content (AvgIpc) is 2.64. The number of hydrogen-bond donors (Lipinski definition) is 2. The number of benzene rings is 1. The number of halogens is 4. The highest BCUT2D eigenvalue weighted by Gasteiger charge is 2.31. The van der Waals surface area contributed by atoms with Gasteiger partial charge in [-0.2, -0.15) is 13.2 Å². The molecule has 0 aliphatic rings. The van der Waals surface area contributed by atoms with E-state index >= 15 is 0 Å². The predicted octanol–water partition coefficient (Wildman–Crippen LogP) is 3.76. The van der Waals surface area contributed by atoms with Gasteiger partial charge in [-0.05, 0) is 18.2 Å². The summed E-state index contributed by atoms with van der Waals surface area (Å²) >= 11 is 5.76. The minimum absolute atomic E-state index is 0.0263. The van der Waals surface area contributed by atoms with Crippen LogP contribution in [0.1, 0.15) is 11.1 Å². The molecule has 0 atom stereocenters. The summed E-state index contributed by atoms with van der Waals surface area (Å²) in [4.78, 5) is 3.61. The standard InChI is InChI=1S/C17H17ClF3N3O3S/c1-27-15-5-3-2-4-12(15)6-9-28(25,26)24-8-7-22-16-14(18)10-13(11-23-16)17(19,20)21/h2-6,9-11,24H,7-8H2,1H3,(H,22,23). The summed E-state index contributed by atoms with van der Waals surface area (Å²) in [6.07, 6.45) is -2.50. The lowest BCUT2D eigenvalue weighted by atomic mass is 10.2. The quantitative estimate of drug-likeness (QED) is 0.617. The Morgan fingerprint density at radius 1 is 1.25 bits per heavy atom. The first-order valence-corrected chi connectivity index (χ1v) is 9.82. The van der Waals surface area contributed by atoms with Gasteiger partial charge in [0.05, 0.1) is 17.7 Å². The molecule has 0 saturated heterocycles. The van der Waals surface area contributed by atoms with Crippen LogP contribution in [0, 0.1) is 0 Å². The SMILES string of the molecule is COc1ccccc1C=CS(=O)(=O)NCCNc1ncc(C(F)(F)F)cc1Cl. The molecule has 0 aliphatic carbocycles. The summed E-state index contributed by atoms with van der Waals surface area (Å²) in [5, 5.41) is 3.45. The van der Waals surface area contributed by atoms with Gasteiger partial charge in [0.25, 0.3) is 0 Å². The van der Waals surface area contributed by atoms with Crippen molar-refractivity contribution in [2.75, 3.05) is 25.5 Å². The normalized spacial score (nSPS) is 12.3. The molecule has 1 aromatic heterocycles. The van der Waals surface area contributed by atoms with Crippen molar-refractivity contribution in [2.24, 2.45) is 0 Å². The number of hydrogen-bond acceptors (Lipinski definition) is 5. The van der Waals surface area contributed by atoms with Gasteiger partial charge in [-0.25, -0.2) is 18.1 Å². The number of ether oxygens (including phenoxy) is 1. The highest BCUT2D eigenvalue weighted by Crippen LogP contribution is 2.32. The number of nitrogens with zero attached hydrogens (tertiary/aromatic N) is 1. The fourth-order valence-corrected chi connectivity index (χ4v) is 3.15. The second kappa shape index (κ2) is 9.26. The Morgan fingerprint density at radius 3 is 2.61 bits per heavy atom. The first-order chi connectivity index (χ1) is 13.1. The van der Waals surface area contributed by atoms with E-state index in [1.54, 1.807) is 24.3 Å². The van der Waals surface area contributed by atoms with Crippen LogP contribution in [-0.2, 0) is 16.2 Å². The Labute approximate surface area is 165 Å². The number of rotatable bonds is 8. The number of anilines is 1. The topological polar surface area (TPSA) is 80.3 Å². The van der Waals surface area contributed by atoms with E-state index in [1.165, 1.54) is 13.2 Å². The van der Waals surface area contributed by atoms with Crippen LogP contribution in [0.4, 0.5) is 19.0 Å². The molecule has 1 aromatic carbocycles. The first kappa shape index (κ1) is 22.0. The van der Waals surface area contributed by atoms with Gasteiger partial charge in [0.2, 0.25) is 10.0 Å². The minimum Gasteiger partial charge on any atom is -0.496 e. The number of alkyl halides is 3. The Kier molecular flexibility index (Phi) is 7.28. The molecule has 2 N–H and O–H groups in total. The van der Waals surface area contributed by atoms with Gasteiger partial charge in [0.1, 0.15) is 11.6 Å². The summed E-state index contributed by atoms with van der Waals surface area (Å²) in [6.45, 7) is 0.0391. The number of methoxy groups -OCH3 is 1. The van der Waals surface area contributed by atoms with E-state index in [0.29, 0.717) is 17.5 Å². The largest absolute Gasteiger partial charge is 0.496 e. The van der Waals surface area contributed by atoms with Crippen molar-refractivity contribution in [3.8, 4) is 5.75 Å². The lowest BCUT2D eigenvalue weighted by Crippen LogP contribution is -2.27. The van der Waals surface area contributed by atoms with E-state index in [9.17, 15) is 21.6 Å². The van der Waals surface area contributed by atoms with E-state index in [4.69, 9.17) is 16.3 Å². The molecule has 0 spiro atoms. The van der Waals surface area contributed by atoms with Crippen LogP contribution in [0.5, 0.6) is 5.75 Å². The highest BCUT2D eigenvalue weighted by atomic mass is 35.5. The summed E-state index contributed by atoms with van der Waals surface area (Å²) in [5.41, 5.74) is -0.375. The van der Waals surface area contributed by atoms with Gasteiger partial charge in [-0.15, -0.1) is 0 Å². The third-order valence-corrected chi connectivity index (χ3v) is 4.84. The molecule has 28 heavy (non-hydrogen) atoms. The number of sulfonamides is 1. The van der Waals surface area contributed by atoms with Crippen LogP contribution in [0.25, 0.3) is 6.08 Å². The van der Waals surface area contributed by atoms with Crippen LogP contribution >= 0.6 is 11.6 Å². The monoisotopic (exact) mass is 435 g/mol. The van der Waals surface area contributed by atoms with Gasteiger partial charge in [-0.1, -0.05) is 29.8 Å². The fraction of sp³-hybridized carbons (Fsp3) is 0.235. The van der Waals surface area contributed by atoms with Crippen molar-refractivity contribution < 1.29 is 26.3 Å². The van der Waals surface area contributed by atoms with Crippen LogP contribution in [-0.4, -0.2) is 33.6 Å². The number of nitrogens with one attached hydrogen (secondary N) is 2. The minimum atomic E-state index is -4.54. The van der Waals surface area contributed by atoms with Gasteiger partial charge >= 0.3 is 6.18 Å². The number of para-hydroxylation sites is 1. The van der Waals surface area contributed by atoms with Crippen molar-refractivity contribution >= 4 is 33.5 Å². The Hall–Kier alpha value is -2.30. The first-order valence-electron chi connectivity index (χ1n) is 7.90. The third kappa shape index (κ3) is 6.39. The molecular formula is C17H17ClF3N3O3S. The maximum Gasteiger partial charge on any atom is 0.417 e. The van der Waals surface area contributed by atoms with Gasteiger partial charge in [0, 0.05) is 30.3 Å². The molecule has 2 aromatic rings. The van der Waals surface area contributed by atoms with Crippen LogP contribution in [0.2, 0.25) is 5.02 Å². The van der Waals surface area contributed by atoms with Crippen LogP contribution in [0.3, 0.4) is 0 Å². The summed E-state index contributed by atoms with van der Waals surface area (Å²) in [6, 6.07) is 7.65. The molecule has 0 fully saturated rings. The van der Waals surface area contributed by atoms with E-state index < -0.39 is 21.8 Å². The maximum absolute atomic E-state index is 12.6. The molecule has 152 valence electrons. The second-order valence-corrected chi connectivity index (χ2v) is 7.52. The Balaban J connectivity index is 1.90. The molecule has 0 bridgehead atoms. The van der Waals surface area contributed by atoms with Crippen molar-refractivity contribution in [3.05, 3.63) is 58.1 Å². The second-order valence-electron chi connectivity index (χ2n) is 5.46. The maximum atomic E-state index is 12.6. The van der Waals surface area contributed by atoms with Gasteiger partial charge < -0.3 is 10.1 Å². The van der Waals surface area contributed by atoms with Crippen LogP contribution in [0.15, 0.2) is 41.9 Å². The summed E-state index contributed by atoms with van der Waals surface area (Å²) < 4.78 is 69.2. The Bertz CT molecular complexity index is 950. The lowest BCUT2D eigenvalue weighted by Gasteiger charge is -2.11. The van der Waals surface area contributed by atoms with E-state index in [2.05, 4.69) is 15.0 Å². The number of pyridine rings is 1. The summed E-state index contributed by atoms with van der Waals surface area (Å²) in [5.74, 6) is 0.553. The lowest BCUT2D eigenvalue weighted by molar-refractivity contribution is -0.137. The van der Waals surface area contributed by atoms with Crippen molar-refractivity contribution in [1.82, 2.24) is 9.71 Å². The number of aromatic nitrogens is 1. The van der Waals surface area contributed by atoms with E-state index in [0.717, 1.165) is 11.5 Å². The van der Waals surface area contributed by atoms with Crippen LogP contribution < -0.4 is 14.8 Å². The zero-order valence-corrected chi connectivity index (χ0v) is 16.2. The highest BCUT2D eigenvalue weighted by molar-refractivity contribution is 7.92. The fourth-order valence-electron chi connectivity index (χ4n) is 2.11. The zero-order chi connectivity index (χ0) is 20.8. The molecule has 1 heterocycles. The molecule has 0 aliphatic heterocycles. The molecule has 0 amide bonds.